The lowest BCUT2D eigenvalue weighted by Crippen LogP contribution is -2.28. The topological polar surface area (TPSA) is 92.3 Å². The number of methoxy groups -OCH3 is 1. The van der Waals surface area contributed by atoms with Crippen LogP contribution in [0.15, 0.2) is 29.3 Å². The first kappa shape index (κ1) is 23.9. The van der Waals surface area contributed by atoms with E-state index in [1.54, 1.807) is 13.2 Å². The van der Waals surface area contributed by atoms with E-state index in [2.05, 4.69) is 43.5 Å². The summed E-state index contributed by atoms with van der Waals surface area (Å²) in [4.78, 5) is 28.4. The highest BCUT2D eigenvalue weighted by atomic mass is 32.2. The van der Waals surface area contributed by atoms with Gasteiger partial charge in [-0.2, -0.15) is 0 Å². The van der Waals surface area contributed by atoms with Gasteiger partial charge in [-0.3, -0.25) is 9.78 Å². The summed E-state index contributed by atoms with van der Waals surface area (Å²) in [6.07, 6.45) is 2.96. The fraction of sp³-hybridized carbons (Fsp3) is 0.440. The number of halogens is 1. The molecule has 0 aromatic carbocycles. The Bertz CT molecular complexity index is 1260. The maximum absolute atomic E-state index is 14.6. The van der Waals surface area contributed by atoms with Crippen molar-refractivity contribution < 1.29 is 13.9 Å². The Morgan fingerprint density at radius 3 is 3.09 bits per heavy atom. The molecule has 3 aromatic rings. The number of carbonyl (C=O) groups excluding carboxylic acids is 1. The summed E-state index contributed by atoms with van der Waals surface area (Å²) < 4.78 is 19.8. The van der Waals surface area contributed by atoms with Gasteiger partial charge in [-0.15, -0.1) is 11.8 Å². The Morgan fingerprint density at radius 2 is 2.23 bits per heavy atom. The van der Waals surface area contributed by atoms with Gasteiger partial charge in [-0.05, 0) is 56.5 Å². The van der Waals surface area contributed by atoms with E-state index < -0.39 is 0 Å². The van der Waals surface area contributed by atoms with Crippen molar-refractivity contribution in [3.63, 3.8) is 0 Å². The fourth-order valence-corrected chi connectivity index (χ4v) is 5.54. The molecule has 184 valence electrons. The second-order valence-electron chi connectivity index (χ2n) is 9.08. The summed E-state index contributed by atoms with van der Waals surface area (Å²) in [5.41, 5.74) is 3.93. The molecule has 0 bridgehead atoms. The first-order valence-electron chi connectivity index (χ1n) is 11.8. The number of amides is 1. The molecule has 1 saturated heterocycles. The van der Waals surface area contributed by atoms with E-state index in [4.69, 9.17) is 4.74 Å². The largest absolute Gasteiger partial charge is 0.481 e. The number of anilines is 1. The minimum absolute atomic E-state index is 0.00151. The van der Waals surface area contributed by atoms with Crippen LogP contribution in [-0.2, 0) is 17.8 Å². The van der Waals surface area contributed by atoms with Crippen LogP contribution in [0.4, 0.5) is 10.2 Å². The predicted octanol–water partition coefficient (Wildman–Crippen LogP) is 3.18. The number of fused-ring (bicyclic) bond motifs is 2. The van der Waals surface area contributed by atoms with Crippen molar-refractivity contribution in [3.8, 4) is 5.88 Å². The minimum Gasteiger partial charge on any atom is -0.481 e. The van der Waals surface area contributed by atoms with E-state index in [0.717, 1.165) is 48.8 Å². The fourth-order valence-electron chi connectivity index (χ4n) is 4.69. The molecule has 1 amide bonds. The molecule has 0 aliphatic carbocycles. The van der Waals surface area contributed by atoms with E-state index in [0.29, 0.717) is 52.9 Å². The Labute approximate surface area is 208 Å². The van der Waals surface area contributed by atoms with E-state index in [1.165, 1.54) is 18.0 Å². The number of nitrogens with one attached hydrogen (secondary N) is 2. The Kier molecular flexibility index (Phi) is 7.12. The summed E-state index contributed by atoms with van der Waals surface area (Å²) in [7, 11) is 1.55. The average molecular weight is 497 g/mol. The molecule has 0 saturated carbocycles. The molecule has 1 atom stereocenters. The third-order valence-corrected chi connectivity index (χ3v) is 7.65. The molecule has 1 fully saturated rings. The number of rotatable bonds is 8. The lowest BCUT2D eigenvalue weighted by molar-refractivity contribution is -0.113. The molecule has 10 heteroatoms. The van der Waals surface area contributed by atoms with Crippen molar-refractivity contribution in [2.75, 3.05) is 44.4 Å². The van der Waals surface area contributed by atoms with Gasteiger partial charge in [0.2, 0.25) is 11.8 Å². The van der Waals surface area contributed by atoms with Crippen molar-refractivity contribution in [2.45, 2.75) is 31.2 Å². The molecule has 8 nitrogen and oxygen atoms in total. The van der Waals surface area contributed by atoms with Crippen LogP contribution < -0.4 is 15.4 Å². The lowest BCUT2D eigenvalue weighted by Gasteiger charge is -2.19. The number of hydrogen-bond donors (Lipinski definition) is 2. The lowest BCUT2D eigenvalue weighted by atomic mass is 10.1. The molecule has 0 unspecified atom stereocenters. The van der Waals surface area contributed by atoms with Crippen LogP contribution in [0.2, 0.25) is 0 Å². The van der Waals surface area contributed by atoms with Gasteiger partial charge in [0.05, 0.1) is 40.7 Å². The molecular formula is C25H29FN6O2S. The van der Waals surface area contributed by atoms with Gasteiger partial charge in [-0.25, -0.2) is 14.4 Å². The molecule has 2 aliphatic heterocycles. The zero-order chi connectivity index (χ0) is 24.4. The third-order valence-electron chi connectivity index (χ3n) is 6.62. The van der Waals surface area contributed by atoms with Crippen LogP contribution in [0.25, 0.3) is 11.0 Å². The van der Waals surface area contributed by atoms with Crippen LogP contribution in [-0.4, -0.2) is 64.8 Å². The molecule has 0 radical (unpaired) electrons. The van der Waals surface area contributed by atoms with E-state index >= 15 is 0 Å². The normalized spacial score (nSPS) is 18.0. The average Bonchev–Trinajstić information content (AvgIpc) is 3.31. The van der Waals surface area contributed by atoms with Crippen LogP contribution >= 0.6 is 11.8 Å². The van der Waals surface area contributed by atoms with Gasteiger partial charge >= 0.3 is 0 Å². The highest BCUT2D eigenvalue weighted by Crippen LogP contribution is 2.31. The quantitative estimate of drug-likeness (QED) is 0.491. The predicted molar refractivity (Wildman–Crippen MR) is 134 cm³/mol. The van der Waals surface area contributed by atoms with Crippen molar-refractivity contribution >= 4 is 34.5 Å². The SMILES string of the molecule is COc1ccc2ncc(F)c(CCN3CC[C@@H](CNCc4nc5c(cc4C)SCC(=O)N5)C3)c2n1. The van der Waals surface area contributed by atoms with Gasteiger partial charge in [0.1, 0.15) is 11.6 Å². The molecule has 3 aromatic heterocycles. The van der Waals surface area contributed by atoms with Crippen LogP contribution in [0.1, 0.15) is 23.2 Å². The van der Waals surface area contributed by atoms with Crippen LogP contribution in [0.3, 0.4) is 0 Å². The molecule has 0 spiro atoms. The van der Waals surface area contributed by atoms with Crippen molar-refractivity contribution in [3.05, 3.63) is 47.0 Å². The number of nitrogens with zero attached hydrogens (tertiary/aromatic N) is 4. The van der Waals surface area contributed by atoms with E-state index in [-0.39, 0.29) is 11.7 Å². The summed E-state index contributed by atoms with van der Waals surface area (Å²) in [5.74, 6) is 1.78. The van der Waals surface area contributed by atoms with Crippen molar-refractivity contribution in [1.29, 1.82) is 0 Å². The van der Waals surface area contributed by atoms with Gasteiger partial charge < -0.3 is 20.3 Å². The third kappa shape index (κ3) is 5.39. The Hall–Kier alpha value is -2.82. The molecule has 2 N–H and O–H groups in total. The summed E-state index contributed by atoms with van der Waals surface area (Å²) in [6, 6.07) is 5.66. The highest BCUT2D eigenvalue weighted by molar-refractivity contribution is 8.00. The highest BCUT2D eigenvalue weighted by Gasteiger charge is 2.23. The van der Waals surface area contributed by atoms with Gasteiger partial charge in [-0.1, -0.05) is 0 Å². The van der Waals surface area contributed by atoms with E-state index in [1.807, 2.05) is 6.07 Å². The number of aromatic nitrogens is 3. The number of pyridine rings is 3. The summed E-state index contributed by atoms with van der Waals surface area (Å²) in [5, 5.41) is 6.41. The zero-order valence-corrected chi connectivity index (χ0v) is 20.8. The molecular weight excluding hydrogens is 467 g/mol. The Balaban J connectivity index is 1.14. The molecule has 5 rings (SSSR count). The number of likely N-dealkylation sites (tertiary alicyclic amines) is 1. The second kappa shape index (κ2) is 10.4. The minimum atomic E-state index is -0.321. The monoisotopic (exact) mass is 496 g/mol. The zero-order valence-electron chi connectivity index (χ0n) is 19.9. The first-order valence-corrected chi connectivity index (χ1v) is 12.8. The van der Waals surface area contributed by atoms with E-state index in [9.17, 15) is 9.18 Å². The number of aryl methyl sites for hydroxylation is 1. The molecule has 35 heavy (non-hydrogen) atoms. The number of carbonyl (C=O) groups is 1. The maximum Gasteiger partial charge on any atom is 0.235 e. The standard InChI is InChI=1S/C25H29FN6O2S/c1-15-9-21-25(30-22(33)14-35-21)29-20(15)12-27-10-16-5-7-32(13-16)8-6-17-18(26)11-28-19-3-4-23(34-2)31-24(17)19/h3-4,9,11,16,27H,5-8,10,12-14H2,1-2H3,(H,29,30,33)/t16-/m0/s1. The van der Waals surface area contributed by atoms with Crippen molar-refractivity contribution in [2.24, 2.45) is 5.92 Å². The number of thioether (sulfide) groups is 1. The van der Waals surface area contributed by atoms with Gasteiger partial charge in [0, 0.05) is 31.3 Å². The molecule has 2 aliphatic rings. The van der Waals surface area contributed by atoms with Gasteiger partial charge in [0.15, 0.2) is 0 Å². The van der Waals surface area contributed by atoms with Gasteiger partial charge in [0.25, 0.3) is 0 Å². The van der Waals surface area contributed by atoms with Crippen LogP contribution in [0.5, 0.6) is 5.88 Å². The Morgan fingerprint density at radius 1 is 1.34 bits per heavy atom. The van der Waals surface area contributed by atoms with Crippen LogP contribution in [0, 0.1) is 18.7 Å². The maximum atomic E-state index is 14.6. The number of ether oxygens (including phenoxy) is 1. The second-order valence-corrected chi connectivity index (χ2v) is 10.1. The summed E-state index contributed by atoms with van der Waals surface area (Å²) in [6.45, 7) is 6.35. The summed E-state index contributed by atoms with van der Waals surface area (Å²) >= 11 is 1.53. The first-order chi connectivity index (χ1) is 17.0. The van der Waals surface area contributed by atoms with Crippen molar-refractivity contribution in [1.82, 2.24) is 25.2 Å². The number of hydrogen-bond acceptors (Lipinski definition) is 8. The molecule has 5 heterocycles. The smallest absolute Gasteiger partial charge is 0.235 e.